The monoisotopic (exact) mass is 297 g/mol. The molecule has 114 valence electrons. The van der Waals surface area contributed by atoms with Gasteiger partial charge in [-0.3, -0.25) is 14.9 Å². The van der Waals surface area contributed by atoms with Gasteiger partial charge in [-0.15, -0.1) is 0 Å². The van der Waals surface area contributed by atoms with Crippen LogP contribution in [0.2, 0.25) is 0 Å². The summed E-state index contributed by atoms with van der Waals surface area (Å²) < 4.78 is 18.6. The molecule has 0 radical (unpaired) electrons. The van der Waals surface area contributed by atoms with Crippen molar-refractivity contribution in [3.63, 3.8) is 0 Å². The molecule has 1 saturated heterocycles. The fraction of sp³-hybridized carbons (Fsp3) is 0.462. The lowest BCUT2D eigenvalue weighted by atomic mass is 10.2. The molecule has 0 spiro atoms. The molecule has 1 aliphatic rings. The van der Waals surface area contributed by atoms with E-state index in [0.29, 0.717) is 6.54 Å². The van der Waals surface area contributed by atoms with E-state index in [9.17, 15) is 19.3 Å². The molecule has 2 rings (SSSR count). The van der Waals surface area contributed by atoms with E-state index in [0.717, 1.165) is 25.2 Å². The molecule has 0 aromatic heterocycles. The highest BCUT2D eigenvalue weighted by Gasteiger charge is 2.23. The molecule has 1 atom stereocenters. The van der Waals surface area contributed by atoms with Gasteiger partial charge in [0.05, 0.1) is 4.92 Å². The van der Waals surface area contributed by atoms with Crippen LogP contribution >= 0.6 is 0 Å². The Morgan fingerprint density at radius 1 is 1.62 bits per heavy atom. The van der Waals surface area contributed by atoms with Crippen molar-refractivity contribution in [2.45, 2.75) is 13.0 Å². The van der Waals surface area contributed by atoms with E-state index < -0.39 is 16.4 Å². The second-order valence-electron chi connectivity index (χ2n) is 4.80. The predicted molar refractivity (Wildman–Crippen MR) is 72.6 cm³/mol. The lowest BCUT2D eigenvalue weighted by Crippen LogP contribution is -2.53. The van der Waals surface area contributed by atoms with Gasteiger partial charge in [-0.1, -0.05) is 0 Å². The number of hydrogen-bond acceptors (Lipinski definition) is 5. The molecule has 8 heteroatoms. The number of benzene rings is 1. The van der Waals surface area contributed by atoms with Crippen LogP contribution in [0.4, 0.5) is 10.1 Å². The maximum absolute atomic E-state index is 13.4. The summed E-state index contributed by atoms with van der Waals surface area (Å²) in [6, 6.07) is 3.27. The lowest BCUT2D eigenvalue weighted by molar-refractivity contribution is -0.387. The molecule has 1 aromatic carbocycles. The highest BCUT2D eigenvalue weighted by atomic mass is 19.1. The molecule has 7 nitrogen and oxygen atoms in total. The number of ether oxygens (including phenoxy) is 1. The number of rotatable bonds is 4. The molecular weight excluding hydrogens is 281 g/mol. The van der Waals surface area contributed by atoms with E-state index in [2.05, 4.69) is 5.32 Å². The van der Waals surface area contributed by atoms with E-state index in [1.54, 1.807) is 4.90 Å². The van der Waals surface area contributed by atoms with Crippen molar-refractivity contribution >= 4 is 11.6 Å². The van der Waals surface area contributed by atoms with E-state index >= 15 is 0 Å². The molecule has 1 fully saturated rings. The molecule has 21 heavy (non-hydrogen) atoms. The average Bonchev–Trinajstić information content (AvgIpc) is 2.45. The Morgan fingerprint density at radius 2 is 2.38 bits per heavy atom. The fourth-order valence-corrected chi connectivity index (χ4v) is 2.17. The Hall–Kier alpha value is -2.22. The number of halogens is 1. The van der Waals surface area contributed by atoms with Gasteiger partial charge in [-0.2, -0.15) is 4.39 Å². The van der Waals surface area contributed by atoms with Crippen molar-refractivity contribution < 1.29 is 18.8 Å². The van der Waals surface area contributed by atoms with Crippen molar-refractivity contribution in [3.8, 4) is 5.75 Å². The van der Waals surface area contributed by atoms with Crippen LogP contribution in [0.3, 0.4) is 0 Å². The van der Waals surface area contributed by atoms with Crippen LogP contribution in [-0.2, 0) is 4.79 Å². The van der Waals surface area contributed by atoms with E-state index in [1.807, 2.05) is 6.92 Å². The zero-order valence-corrected chi connectivity index (χ0v) is 11.5. The first-order valence-corrected chi connectivity index (χ1v) is 6.56. The van der Waals surface area contributed by atoms with Crippen LogP contribution < -0.4 is 10.1 Å². The summed E-state index contributed by atoms with van der Waals surface area (Å²) >= 11 is 0. The first-order valence-electron chi connectivity index (χ1n) is 6.56. The third-order valence-corrected chi connectivity index (χ3v) is 3.30. The van der Waals surface area contributed by atoms with E-state index in [4.69, 9.17) is 4.74 Å². The molecule has 1 heterocycles. The molecule has 0 aliphatic carbocycles. The second kappa shape index (κ2) is 6.49. The first-order chi connectivity index (χ1) is 9.99. The molecular formula is C13H16FN3O4. The zero-order valence-electron chi connectivity index (χ0n) is 11.5. The summed E-state index contributed by atoms with van der Waals surface area (Å²) in [5.74, 6) is -1.09. The average molecular weight is 297 g/mol. The normalized spacial score (nSPS) is 18.4. The maximum Gasteiger partial charge on any atom is 0.305 e. The SMILES string of the molecule is CC1CNCCN1C(=O)COc1ccc([N+](=O)[O-])c(F)c1. The number of nitrogens with one attached hydrogen (secondary N) is 1. The number of amides is 1. The van der Waals surface area contributed by atoms with Gasteiger partial charge >= 0.3 is 5.69 Å². The molecule has 1 aromatic rings. The van der Waals surface area contributed by atoms with Crippen molar-refractivity contribution in [1.82, 2.24) is 10.2 Å². The fourth-order valence-electron chi connectivity index (χ4n) is 2.17. The van der Waals surface area contributed by atoms with E-state index in [-0.39, 0.29) is 24.3 Å². The van der Waals surface area contributed by atoms with Crippen LogP contribution in [-0.4, -0.2) is 48.0 Å². The number of hydrogen-bond donors (Lipinski definition) is 1. The van der Waals surface area contributed by atoms with Gasteiger partial charge in [-0.05, 0) is 13.0 Å². The minimum Gasteiger partial charge on any atom is -0.484 e. The van der Waals surface area contributed by atoms with Crippen LogP contribution in [0.15, 0.2) is 18.2 Å². The third kappa shape index (κ3) is 3.66. The predicted octanol–water partition coefficient (Wildman–Crippen LogP) is 0.933. The molecule has 0 saturated carbocycles. The second-order valence-corrected chi connectivity index (χ2v) is 4.80. The topological polar surface area (TPSA) is 84.7 Å². The van der Waals surface area contributed by atoms with Crippen LogP contribution in [0, 0.1) is 15.9 Å². The summed E-state index contributed by atoms with van der Waals surface area (Å²) in [6.07, 6.45) is 0. The van der Waals surface area contributed by atoms with Crippen LogP contribution in [0.1, 0.15) is 6.92 Å². The number of carbonyl (C=O) groups is 1. The highest BCUT2D eigenvalue weighted by molar-refractivity contribution is 5.78. The van der Waals surface area contributed by atoms with Gasteiger partial charge in [0.25, 0.3) is 5.91 Å². The van der Waals surface area contributed by atoms with Gasteiger partial charge in [0.1, 0.15) is 5.75 Å². The summed E-state index contributed by atoms with van der Waals surface area (Å²) in [6.45, 7) is 3.75. The molecule has 0 bridgehead atoms. The van der Waals surface area contributed by atoms with Gasteiger partial charge in [-0.25, -0.2) is 0 Å². The number of nitro groups is 1. The van der Waals surface area contributed by atoms with Gasteiger partial charge in [0.15, 0.2) is 6.61 Å². The minimum atomic E-state index is -0.986. The Bertz CT molecular complexity index is 552. The summed E-state index contributed by atoms with van der Waals surface area (Å²) in [5, 5.41) is 13.7. The number of nitro benzene ring substituents is 1. The number of carbonyl (C=O) groups excluding carboxylic acids is 1. The Labute approximate surface area is 120 Å². The zero-order chi connectivity index (χ0) is 15.4. The minimum absolute atomic E-state index is 0.0726. The molecule has 1 aliphatic heterocycles. The summed E-state index contributed by atoms with van der Waals surface area (Å²) in [5.41, 5.74) is -0.621. The van der Waals surface area contributed by atoms with E-state index in [1.165, 1.54) is 6.07 Å². The smallest absolute Gasteiger partial charge is 0.305 e. The van der Waals surface area contributed by atoms with Crippen molar-refractivity contribution in [3.05, 3.63) is 34.1 Å². The largest absolute Gasteiger partial charge is 0.484 e. The standard InChI is InChI=1S/C13H16FN3O4/c1-9-7-15-4-5-16(9)13(18)8-21-10-2-3-12(17(19)20)11(14)6-10/h2-3,6,9,15H,4-5,7-8H2,1H3. The van der Waals surface area contributed by atoms with Crippen LogP contribution in [0.5, 0.6) is 5.75 Å². The van der Waals surface area contributed by atoms with Gasteiger partial charge < -0.3 is 15.0 Å². The third-order valence-electron chi connectivity index (χ3n) is 3.30. The Kier molecular flexibility index (Phi) is 4.69. The molecule has 1 unspecified atom stereocenters. The van der Waals surface area contributed by atoms with Crippen molar-refractivity contribution in [1.29, 1.82) is 0 Å². The molecule has 1 amide bonds. The summed E-state index contributed by atoms with van der Waals surface area (Å²) in [4.78, 5) is 23.4. The maximum atomic E-state index is 13.4. The lowest BCUT2D eigenvalue weighted by Gasteiger charge is -2.33. The number of nitrogens with zero attached hydrogens (tertiary/aromatic N) is 2. The van der Waals surface area contributed by atoms with Crippen molar-refractivity contribution in [2.24, 2.45) is 0 Å². The Morgan fingerprint density at radius 3 is 3.00 bits per heavy atom. The highest BCUT2D eigenvalue weighted by Crippen LogP contribution is 2.22. The Balaban J connectivity index is 1.95. The first kappa shape index (κ1) is 15.2. The summed E-state index contributed by atoms with van der Waals surface area (Å²) in [7, 11) is 0. The number of piperazine rings is 1. The van der Waals surface area contributed by atoms with Crippen molar-refractivity contribution in [2.75, 3.05) is 26.2 Å². The van der Waals surface area contributed by atoms with Gasteiger partial charge in [0, 0.05) is 37.8 Å². The van der Waals surface area contributed by atoms with Crippen LogP contribution in [0.25, 0.3) is 0 Å². The molecule has 1 N–H and O–H groups in total. The van der Waals surface area contributed by atoms with Gasteiger partial charge in [0.2, 0.25) is 5.82 Å². The quantitative estimate of drug-likeness (QED) is 0.660.